The first-order valence-electron chi connectivity index (χ1n) is 5.70. The average Bonchev–Trinajstić information content (AvgIpc) is 2.83. The maximum atomic E-state index is 11.2. The highest BCUT2D eigenvalue weighted by molar-refractivity contribution is 7.17. The number of rotatable bonds is 4. The molecule has 2 aromatic rings. The van der Waals surface area contributed by atoms with E-state index in [2.05, 4.69) is 10.1 Å². The van der Waals surface area contributed by atoms with E-state index in [1.807, 2.05) is 33.2 Å². The topological polar surface area (TPSA) is 68.0 Å². The molecule has 96 valence electrons. The highest BCUT2D eigenvalue weighted by atomic mass is 32.1. The molecular weight excluding hydrogens is 250 g/mol. The molecule has 0 amide bonds. The van der Waals surface area contributed by atoms with E-state index in [0.29, 0.717) is 27.9 Å². The lowest BCUT2D eigenvalue weighted by atomic mass is 10.1. The Morgan fingerprint density at radius 3 is 2.78 bits per heavy atom. The molecule has 0 atom stereocenters. The minimum absolute atomic E-state index is 0.323. The second kappa shape index (κ2) is 4.89. The number of hydrogen-bond acceptors (Lipinski definition) is 4. The minimum Gasteiger partial charge on any atom is -0.477 e. The summed E-state index contributed by atoms with van der Waals surface area (Å²) in [6.07, 6.45) is 2.49. The van der Waals surface area contributed by atoms with E-state index in [0.717, 1.165) is 5.69 Å². The molecule has 2 aromatic heterocycles. The molecule has 6 heteroatoms. The van der Waals surface area contributed by atoms with Crippen LogP contribution in [0, 0.1) is 5.92 Å². The van der Waals surface area contributed by atoms with Gasteiger partial charge in [0, 0.05) is 13.2 Å². The lowest BCUT2D eigenvalue weighted by molar-refractivity contribution is 0.0700. The van der Waals surface area contributed by atoms with E-state index in [-0.39, 0.29) is 0 Å². The number of aromatic nitrogens is 3. The first kappa shape index (κ1) is 12.8. The second-order valence-electron chi connectivity index (χ2n) is 4.57. The van der Waals surface area contributed by atoms with Crippen LogP contribution >= 0.6 is 11.3 Å². The third-order valence-corrected chi connectivity index (χ3v) is 3.53. The van der Waals surface area contributed by atoms with Gasteiger partial charge in [-0.3, -0.25) is 4.68 Å². The number of aryl methyl sites for hydroxylation is 1. The molecular formula is C12H15N3O2S. The summed E-state index contributed by atoms with van der Waals surface area (Å²) >= 11 is 1.19. The van der Waals surface area contributed by atoms with Crippen LogP contribution in [0.3, 0.4) is 0 Å². The summed E-state index contributed by atoms with van der Waals surface area (Å²) in [7, 11) is 1.82. The van der Waals surface area contributed by atoms with E-state index < -0.39 is 5.97 Å². The first-order chi connectivity index (χ1) is 8.47. The zero-order chi connectivity index (χ0) is 13.3. The number of aromatic carboxylic acids is 1. The quantitative estimate of drug-likeness (QED) is 0.922. The fourth-order valence-electron chi connectivity index (χ4n) is 1.68. The summed E-state index contributed by atoms with van der Waals surface area (Å²) in [5, 5.41) is 14.1. The molecule has 0 aliphatic carbocycles. The minimum atomic E-state index is -0.912. The van der Waals surface area contributed by atoms with Gasteiger partial charge in [0.1, 0.15) is 15.6 Å². The van der Waals surface area contributed by atoms with Gasteiger partial charge in [-0.25, -0.2) is 9.78 Å². The molecule has 0 aliphatic rings. The largest absolute Gasteiger partial charge is 0.477 e. The van der Waals surface area contributed by atoms with Gasteiger partial charge in [0.05, 0.1) is 5.69 Å². The molecule has 0 saturated heterocycles. The Morgan fingerprint density at radius 1 is 1.56 bits per heavy atom. The molecule has 5 nitrogen and oxygen atoms in total. The van der Waals surface area contributed by atoms with Gasteiger partial charge in [-0.15, -0.1) is 11.3 Å². The zero-order valence-corrected chi connectivity index (χ0v) is 11.4. The van der Waals surface area contributed by atoms with Crippen molar-refractivity contribution in [1.29, 1.82) is 0 Å². The molecule has 0 unspecified atom stereocenters. The molecule has 0 aromatic carbocycles. The summed E-state index contributed by atoms with van der Waals surface area (Å²) in [6.45, 7) is 4.09. The number of carbonyl (C=O) groups is 1. The maximum Gasteiger partial charge on any atom is 0.347 e. The van der Waals surface area contributed by atoms with Crippen molar-refractivity contribution in [3.05, 3.63) is 22.8 Å². The third kappa shape index (κ3) is 2.59. The highest BCUT2D eigenvalue weighted by Gasteiger charge is 2.19. The van der Waals surface area contributed by atoms with Crippen LogP contribution in [-0.2, 0) is 13.5 Å². The molecule has 0 fully saturated rings. The average molecular weight is 265 g/mol. The zero-order valence-electron chi connectivity index (χ0n) is 10.5. The molecule has 18 heavy (non-hydrogen) atoms. The van der Waals surface area contributed by atoms with E-state index in [4.69, 9.17) is 0 Å². The van der Waals surface area contributed by atoms with Crippen LogP contribution in [0.15, 0.2) is 12.3 Å². The van der Waals surface area contributed by atoms with Crippen molar-refractivity contribution in [3.8, 4) is 10.7 Å². The van der Waals surface area contributed by atoms with Crippen LogP contribution < -0.4 is 0 Å². The standard InChI is InChI=1S/C12H15N3O2S/c1-7(2)6-9-10(12(16)17)18-11(13-9)8-4-5-15(3)14-8/h4-5,7H,6H2,1-3H3,(H,16,17). The molecule has 0 spiro atoms. The lowest BCUT2D eigenvalue weighted by Gasteiger charge is -2.01. The lowest BCUT2D eigenvalue weighted by Crippen LogP contribution is -2.02. The number of thiazole rings is 1. The molecule has 2 heterocycles. The number of nitrogens with zero attached hydrogens (tertiary/aromatic N) is 3. The maximum absolute atomic E-state index is 11.2. The predicted molar refractivity (Wildman–Crippen MR) is 69.8 cm³/mol. The second-order valence-corrected chi connectivity index (χ2v) is 5.57. The van der Waals surface area contributed by atoms with Crippen LogP contribution in [0.4, 0.5) is 0 Å². The molecule has 0 bridgehead atoms. The normalized spacial score (nSPS) is 11.1. The van der Waals surface area contributed by atoms with Crippen molar-refractivity contribution in [2.24, 2.45) is 13.0 Å². The number of carboxylic acid groups (broad SMARTS) is 1. The van der Waals surface area contributed by atoms with Gasteiger partial charge >= 0.3 is 5.97 Å². The van der Waals surface area contributed by atoms with Gasteiger partial charge in [0.15, 0.2) is 0 Å². The predicted octanol–water partition coefficient (Wildman–Crippen LogP) is 2.44. The van der Waals surface area contributed by atoms with E-state index >= 15 is 0 Å². The Morgan fingerprint density at radius 2 is 2.28 bits per heavy atom. The fraction of sp³-hybridized carbons (Fsp3) is 0.417. The summed E-state index contributed by atoms with van der Waals surface area (Å²) in [6, 6.07) is 1.84. The monoisotopic (exact) mass is 265 g/mol. The smallest absolute Gasteiger partial charge is 0.347 e. The van der Waals surface area contributed by atoms with Crippen LogP contribution in [0.5, 0.6) is 0 Å². The molecule has 1 N–H and O–H groups in total. The Bertz CT molecular complexity index is 572. The van der Waals surface area contributed by atoms with Gasteiger partial charge in [0.25, 0.3) is 0 Å². The SMILES string of the molecule is CC(C)Cc1nc(-c2ccn(C)n2)sc1C(=O)O. The fourth-order valence-corrected chi connectivity index (χ4v) is 2.58. The van der Waals surface area contributed by atoms with Gasteiger partial charge in [0.2, 0.25) is 0 Å². The first-order valence-corrected chi connectivity index (χ1v) is 6.52. The summed E-state index contributed by atoms with van der Waals surface area (Å²) < 4.78 is 1.68. The molecule has 0 radical (unpaired) electrons. The van der Waals surface area contributed by atoms with E-state index in [9.17, 15) is 9.90 Å². The summed E-state index contributed by atoms with van der Waals surface area (Å²) in [5.41, 5.74) is 1.38. The van der Waals surface area contributed by atoms with Crippen LogP contribution in [-0.4, -0.2) is 25.8 Å². The van der Waals surface area contributed by atoms with E-state index in [1.165, 1.54) is 11.3 Å². The van der Waals surface area contributed by atoms with E-state index in [1.54, 1.807) is 4.68 Å². The summed E-state index contributed by atoms with van der Waals surface area (Å²) in [5.74, 6) is -0.535. The molecule has 2 rings (SSSR count). The van der Waals surface area contributed by atoms with Crippen LogP contribution in [0.2, 0.25) is 0 Å². The van der Waals surface area contributed by atoms with Gasteiger partial charge in [-0.2, -0.15) is 5.10 Å². The van der Waals surface area contributed by atoms with Gasteiger partial charge < -0.3 is 5.11 Å². The number of hydrogen-bond donors (Lipinski definition) is 1. The van der Waals surface area contributed by atoms with Crippen molar-refractivity contribution < 1.29 is 9.90 Å². The summed E-state index contributed by atoms with van der Waals surface area (Å²) in [4.78, 5) is 15.9. The Balaban J connectivity index is 2.42. The third-order valence-electron chi connectivity index (χ3n) is 2.43. The number of carboxylic acids is 1. The van der Waals surface area contributed by atoms with Crippen molar-refractivity contribution in [2.45, 2.75) is 20.3 Å². The van der Waals surface area contributed by atoms with Crippen molar-refractivity contribution in [1.82, 2.24) is 14.8 Å². The van der Waals surface area contributed by atoms with Crippen LogP contribution in [0.25, 0.3) is 10.7 Å². The van der Waals surface area contributed by atoms with Gasteiger partial charge in [-0.05, 0) is 18.4 Å². The van der Waals surface area contributed by atoms with Crippen molar-refractivity contribution in [2.75, 3.05) is 0 Å². The molecule has 0 saturated carbocycles. The van der Waals surface area contributed by atoms with Crippen molar-refractivity contribution in [3.63, 3.8) is 0 Å². The molecule has 0 aliphatic heterocycles. The Kier molecular flexibility index (Phi) is 3.47. The van der Waals surface area contributed by atoms with Gasteiger partial charge in [-0.1, -0.05) is 13.8 Å². The highest BCUT2D eigenvalue weighted by Crippen LogP contribution is 2.28. The Labute approximate surface area is 109 Å². The van der Waals surface area contributed by atoms with Crippen molar-refractivity contribution >= 4 is 17.3 Å². The van der Waals surface area contributed by atoms with Crippen LogP contribution in [0.1, 0.15) is 29.2 Å². The Hall–Kier alpha value is -1.69.